The minimum absolute atomic E-state index is 0.0162. The van der Waals surface area contributed by atoms with E-state index in [1.54, 1.807) is 18.2 Å². The molecule has 112 valence electrons. The van der Waals surface area contributed by atoms with Gasteiger partial charge in [-0.2, -0.15) is 0 Å². The molecule has 0 saturated heterocycles. The van der Waals surface area contributed by atoms with E-state index < -0.39 is 17.5 Å². The van der Waals surface area contributed by atoms with Crippen LogP contribution < -0.4 is 20.1 Å². The molecule has 7 nitrogen and oxygen atoms in total. The van der Waals surface area contributed by atoms with Crippen LogP contribution in [0.5, 0.6) is 11.5 Å². The van der Waals surface area contributed by atoms with Gasteiger partial charge in [0, 0.05) is 11.8 Å². The van der Waals surface area contributed by atoms with Crippen LogP contribution in [0.4, 0.5) is 10.5 Å². The molecule has 2 aliphatic rings. The molecule has 1 aromatic rings. The average Bonchev–Trinajstić information content (AvgIpc) is 3.18. The second-order valence-corrected chi connectivity index (χ2v) is 5.43. The summed E-state index contributed by atoms with van der Waals surface area (Å²) in [4.78, 5) is 23.4. The molecule has 1 aliphatic heterocycles. The van der Waals surface area contributed by atoms with Crippen LogP contribution >= 0.6 is 0 Å². The van der Waals surface area contributed by atoms with Crippen LogP contribution in [-0.4, -0.2) is 29.4 Å². The van der Waals surface area contributed by atoms with E-state index >= 15 is 0 Å². The molecule has 1 atom stereocenters. The Morgan fingerprint density at radius 2 is 2.00 bits per heavy atom. The molecule has 0 bridgehead atoms. The lowest BCUT2D eigenvalue weighted by Crippen LogP contribution is -2.55. The lowest BCUT2D eigenvalue weighted by Gasteiger charge is -2.26. The average molecular weight is 292 g/mol. The molecule has 1 fully saturated rings. The Hall–Kier alpha value is -2.44. The number of urea groups is 1. The van der Waals surface area contributed by atoms with E-state index in [0.717, 1.165) is 12.8 Å². The standard InChI is InChI=1S/C14H16N2O5/c1-14(12(17)18,8-2-3-8)16-13(19)15-9-4-5-10-11(6-9)21-7-20-10/h4-6,8H,2-3,7H2,1H3,(H,17,18)(H2,15,16,19). The van der Waals surface area contributed by atoms with E-state index in [-0.39, 0.29) is 12.7 Å². The summed E-state index contributed by atoms with van der Waals surface area (Å²) in [5.74, 6) is 0.133. The third-order valence-electron chi connectivity index (χ3n) is 3.84. The van der Waals surface area contributed by atoms with Crippen LogP contribution in [0.1, 0.15) is 19.8 Å². The molecular formula is C14H16N2O5. The van der Waals surface area contributed by atoms with Gasteiger partial charge in [-0.15, -0.1) is 0 Å². The van der Waals surface area contributed by atoms with Crippen molar-refractivity contribution in [3.63, 3.8) is 0 Å². The first-order chi connectivity index (χ1) is 9.99. The Morgan fingerprint density at radius 3 is 2.67 bits per heavy atom. The number of anilines is 1. The number of aliphatic carboxylic acids is 1. The lowest BCUT2D eigenvalue weighted by atomic mass is 9.96. The van der Waals surface area contributed by atoms with Crippen LogP contribution in [0.2, 0.25) is 0 Å². The van der Waals surface area contributed by atoms with Crippen molar-refractivity contribution in [2.45, 2.75) is 25.3 Å². The molecule has 3 N–H and O–H groups in total. The van der Waals surface area contributed by atoms with Crippen molar-refractivity contribution >= 4 is 17.7 Å². The highest BCUT2D eigenvalue weighted by Gasteiger charge is 2.48. The van der Waals surface area contributed by atoms with Crippen LogP contribution in [0, 0.1) is 5.92 Å². The number of carboxylic acid groups (broad SMARTS) is 1. The monoisotopic (exact) mass is 292 g/mol. The number of carboxylic acids is 1. The maximum absolute atomic E-state index is 12.0. The minimum atomic E-state index is -1.24. The van der Waals surface area contributed by atoms with Crippen LogP contribution in [0.15, 0.2) is 18.2 Å². The highest BCUT2D eigenvalue weighted by molar-refractivity contribution is 5.94. The third-order valence-corrected chi connectivity index (χ3v) is 3.84. The first-order valence-corrected chi connectivity index (χ1v) is 6.71. The number of nitrogens with one attached hydrogen (secondary N) is 2. The molecule has 1 aliphatic carbocycles. The molecule has 0 spiro atoms. The summed E-state index contributed by atoms with van der Waals surface area (Å²) in [6.45, 7) is 1.69. The molecule has 3 rings (SSSR count). The Kier molecular flexibility index (Phi) is 3.12. The topological polar surface area (TPSA) is 96.9 Å². The van der Waals surface area contributed by atoms with E-state index in [1.807, 2.05) is 0 Å². The van der Waals surface area contributed by atoms with Gasteiger partial charge >= 0.3 is 12.0 Å². The quantitative estimate of drug-likeness (QED) is 0.786. The summed E-state index contributed by atoms with van der Waals surface area (Å²) in [5.41, 5.74) is -0.722. The van der Waals surface area contributed by atoms with Crippen LogP contribution in [0.25, 0.3) is 0 Å². The molecule has 1 unspecified atom stereocenters. The summed E-state index contributed by atoms with van der Waals surface area (Å²) in [6.07, 6.45) is 1.63. The van der Waals surface area contributed by atoms with Crippen LogP contribution in [-0.2, 0) is 4.79 Å². The summed E-state index contributed by atoms with van der Waals surface area (Å²) in [5, 5.41) is 14.5. The number of amides is 2. The van der Waals surface area contributed by atoms with Gasteiger partial charge in [0.2, 0.25) is 6.79 Å². The van der Waals surface area contributed by atoms with Crippen molar-refractivity contribution in [2.75, 3.05) is 12.1 Å². The van der Waals surface area contributed by atoms with Crippen molar-refractivity contribution in [1.29, 1.82) is 0 Å². The lowest BCUT2D eigenvalue weighted by molar-refractivity contribution is -0.144. The summed E-state index contributed by atoms with van der Waals surface area (Å²) >= 11 is 0. The van der Waals surface area contributed by atoms with Gasteiger partial charge in [-0.1, -0.05) is 0 Å². The van der Waals surface area contributed by atoms with E-state index in [1.165, 1.54) is 6.92 Å². The predicted octanol–water partition coefficient (Wildman–Crippen LogP) is 1.79. The summed E-state index contributed by atoms with van der Waals surface area (Å²) in [7, 11) is 0. The SMILES string of the molecule is CC(NC(=O)Nc1ccc2c(c1)OCO2)(C(=O)O)C1CC1. The number of rotatable bonds is 4. The molecule has 0 aromatic heterocycles. The smallest absolute Gasteiger partial charge is 0.329 e. The number of carbonyl (C=O) groups excluding carboxylic acids is 1. The summed E-state index contributed by atoms with van der Waals surface area (Å²) < 4.78 is 10.4. The molecule has 1 saturated carbocycles. The van der Waals surface area contributed by atoms with Crippen molar-refractivity contribution in [2.24, 2.45) is 5.92 Å². The fourth-order valence-corrected chi connectivity index (χ4v) is 2.36. The second kappa shape index (κ2) is 4.83. The molecule has 1 aromatic carbocycles. The molecular weight excluding hydrogens is 276 g/mol. The van der Waals surface area contributed by atoms with Crippen molar-refractivity contribution < 1.29 is 24.2 Å². The van der Waals surface area contributed by atoms with Gasteiger partial charge in [0.15, 0.2) is 11.5 Å². The summed E-state index contributed by atoms with van der Waals surface area (Å²) in [6, 6.07) is 4.44. The first-order valence-electron chi connectivity index (χ1n) is 6.71. The zero-order valence-electron chi connectivity index (χ0n) is 11.5. The molecule has 1 heterocycles. The fraction of sp³-hybridized carbons (Fsp3) is 0.429. The van der Waals surface area contributed by atoms with E-state index in [0.29, 0.717) is 17.2 Å². The molecule has 21 heavy (non-hydrogen) atoms. The van der Waals surface area contributed by atoms with Gasteiger partial charge in [0.25, 0.3) is 0 Å². The zero-order chi connectivity index (χ0) is 15.0. The molecule has 7 heteroatoms. The van der Waals surface area contributed by atoms with Gasteiger partial charge in [-0.25, -0.2) is 9.59 Å². The van der Waals surface area contributed by atoms with E-state index in [2.05, 4.69) is 10.6 Å². The van der Waals surface area contributed by atoms with Crippen molar-refractivity contribution in [3.05, 3.63) is 18.2 Å². The van der Waals surface area contributed by atoms with Gasteiger partial charge in [0.05, 0.1) is 0 Å². The number of fused-ring (bicyclic) bond motifs is 1. The third kappa shape index (κ3) is 2.58. The highest BCUT2D eigenvalue weighted by atomic mass is 16.7. The fourth-order valence-electron chi connectivity index (χ4n) is 2.36. The highest BCUT2D eigenvalue weighted by Crippen LogP contribution is 2.40. The molecule has 0 radical (unpaired) electrons. The first kappa shape index (κ1) is 13.5. The Morgan fingerprint density at radius 1 is 1.29 bits per heavy atom. The Bertz CT molecular complexity index is 599. The van der Waals surface area contributed by atoms with Crippen LogP contribution in [0.3, 0.4) is 0 Å². The number of carbonyl (C=O) groups is 2. The maximum atomic E-state index is 12.0. The Labute approximate surface area is 121 Å². The second-order valence-electron chi connectivity index (χ2n) is 5.43. The van der Waals surface area contributed by atoms with Gasteiger partial charge < -0.3 is 25.2 Å². The number of hydrogen-bond donors (Lipinski definition) is 3. The maximum Gasteiger partial charge on any atom is 0.329 e. The van der Waals surface area contributed by atoms with E-state index in [4.69, 9.17) is 9.47 Å². The van der Waals surface area contributed by atoms with Crippen molar-refractivity contribution in [1.82, 2.24) is 5.32 Å². The number of benzene rings is 1. The largest absolute Gasteiger partial charge is 0.480 e. The normalized spacial score (nSPS) is 18.7. The van der Waals surface area contributed by atoms with Crippen molar-refractivity contribution in [3.8, 4) is 11.5 Å². The van der Waals surface area contributed by atoms with Gasteiger partial charge in [-0.05, 0) is 37.8 Å². The Balaban J connectivity index is 1.67. The minimum Gasteiger partial charge on any atom is -0.480 e. The zero-order valence-corrected chi connectivity index (χ0v) is 11.5. The van der Waals surface area contributed by atoms with Gasteiger partial charge in [-0.3, -0.25) is 0 Å². The molecule has 2 amide bonds. The number of hydrogen-bond acceptors (Lipinski definition) is 4. The van der Waals surface area contributed by atoms with Gasteiger partial charge in [0.1, 0.15) is 5.54 Å². The van der Waals surface area contributed by atoms with E-state index in [9.17, 15) is 14.7 Å². The number of ether oxygens (including phenoxy) is 2. The predicted molar refractivity (Wildman–Crippen MR) is 73.5 cm³/mol.